The molecule has 0 saturated heterocycles. The van der Waals surface area contributed by atoms with Crippen molar-refractivity contribution >= 4 is 11.9 Å². The molecule has 2 aromatic rings. The van der Waals surface area contributed by atoms with Gasteiger partial charge < -0.3 is 15.5 Å². The quantitative estimate of drug-likeness (QED) is 0.868. The Labute approximate surface area is 152 Å². The monoisotopic (exact) mass is 356 g/mol. The first-order valence-corrected chi connectivity index (χ1v) is 8.57. The van der Waals surface area contributed by atoms with E-state index in [2.05, 4.69) is 10.1 Å². The smallest absolute Gasteiger partial charge is 0.319 e. The average Bonchev–Trinajstić information content (AvgIpc) is 2.92. The van der Waals surface area contributed by atoms with Crippen LogP contribution in [0.4, 0.5) is 4.79 Å². The average molecular weight is 356 g/mol. The van der Waals surface area contributed by atoms with Crippen molar-refractivity contribution in [3.05, 3.63) is 46.0 Å². The molecule has 8 nitrogen and oxygen atoms in total. The Bertz CT molecular complexity index is 871. The van der Waals surface area contributed by atoms with E-state index in [1.807, 2.05) is 13.8 Å². The minimum absolute atomic E-state index is 0.0430. The number of nitrogens with two attached hydrogens (primary N) is 1. The number of carbonyl (C=O) groups excluding carboxylic acids is 2. The second-order valence-electron chi connectivity index (χ2n) is 6.74. The van der Waals surface area contributed by atoms with Gasteiger partial charge >= 0.3 is 6.03 Å². The summed E-state index contributed by atoms with van der Waals surface area (Å²) < 4.78 is 1.41. The van der Waals surface area contributed by atoms with Crippen molar-refractivity contribution in [2.24, 2.45) is 5.73 Å². The van der Waals surface area contributed by atoms with E-state index in [-0.39, 0.29) is 11.9 Å². The number of aryl methyl sites for hydroxylation is 1. The number of rotatable bonds is 2. The molecular weight excluding hydrogens is 332 g/mol. The molecule has 0 aliphatic carbocycles. The maximum Gasteiger partial charge on any atom is 0.319 e. The molecule has 1 aliphatic rings. The van der Waals surface area contributed by atoms with Crippen molar-refractivity contribution in [2.45, 2.75) is 33.4 Å². The molecule has 0 spiro atoms. The lowest BCUT2D eigenvalue weighted by Crippen LogP contribution is -2.42. The predicted molar refractivity (Wildman–Crippen MR) is 96.8 cm³/mol. The molecule has 3 heterocycles. The molecule has 0 saturated carbocycles. The Morgan fingerprint density at radius 2 is 2.00 bits per heavy atom. The summed E-state index contributed by atoms with van der Waals surface area (Å²) >= 11 is 0. The number of pyridine rings is 1. The number of hydrogen-bond acceptors (Lipinski definition) is 5. The number of urea groups is 1. The molecule has 3 rings (SSSR count). The zero-order valence-corrected chi connectivity index (χ0v) is 15.6. The van der Waals surface area contributed by atoms with E-state index in [1.165, 1.54) is 4.68 Å². The molecule has 0 atom stereocenters. The maximum atomic E-state index is 13.1. The first-order valence-electron chi connectivity index (χ1n) is 8.57. The zero-order valence-electron chi connectivity index (χ0n) is 15.6. The van der Waals surface area contributed by atoms with Crippen LogP contribution in [0.5, 0.6) is 0 Å². The number of nitrogens with zero attached hydrogens (tertiary/aromatic N) is 5. The van der Waals surface area contributed by atoms with E-state index >= 15 is 0 Å². The number of aromatic nitrogens is 3. The summed E-state index contributed by atoms with van der Waals surface area (Å²) in [5.74, 6) is -0.206. The van der Waals surface area contributed by atoms with Gasteiger partial charge in [0.05, 0.1) is 11.3 Å². The van der Waals surface area contributed by atoms with Gasteiger partial charge in [-0.2, -0.15) is 5.10 Å². The van der Waals surface area contributed by atoms with Crippen molar-refractivity contribution in [3.8, 4) is 0 Å². The van der Waals surface area contributed by atoms with E-state index in [9.17, 15) is 9.59 Å². The molecule has 2 N–H and O–H groups in total. The fourth-order valence-corrected chi connectivity index (χ4v) is 3.41. The summed E-state index contributed by atoms with van der Waals surface area (Å²) in [6, 6.07) is -0.0430. The van der Waals surface area contributed by atoms with Crippen molar-refractivity contribution < 1.29 is 9.59 Å². The van der Waals surface area contributed by atoms with E-state index in [1.54, 1.807) is 36.3 Å². The second-order valence-corrected chi connectivity index (χ2v) is 6.74. The summed E-state index contributed by atoms with van der Waals surface area (Å²) in [5.41, 5.74) is 10.5. The van der Waals surface area contributed by atoms with Gasteiger partial charge in [0.2, 0.25) is 0 Å². The standard InChI is InChI=1S/C18H24N6O2/c1-11-15(7-19)12(2)24(21-11)17(25)16-9-20-8-13-10-23(6-5-14(13)16)18(26)22(3)4/h8-9H,5-7,10,19H2,1-4H3. The molecule has 138 valence electrons. The van der Waals surface area contributed by atoms with Gasteiger partial charge in [0.25, 0.3) is 5.91 Å². The SMILES string of the molecule is Cc1nn(C(=O)c2cncc3c2CCN(C(=O)N(C)C)C3)c(C)c1CN. The van der Waals surface area contributed by atoms with Crippen LogP contribution >= 0.6 is 0 Å². The van der Waals surface area contributed by atoms with Crippen molar-refractivity contribution in [2.75, 3.05) is 20.6 Å². The summed E-state index contributed by atoms with van der Waals surface area (Å²) in [4.78, 5) is 32.8. The summed E-state index contributed by atoms with van der Waals surface area (Å²) in [6.07, 6.45) is 3.93. The van der Waals surface area contributed by atoms with Crippen LogP contribution < -0.4 is 5.73 Å². The third-order valence-corrected chi connectivity index (χ3v) is 4.86. The topological polar surface area (TPSA) is 97.3 Å². The van der Waals surface area contributed by atoms with Gasteiger partial charge in [-0.1, -0.05) is 0 Å². The van der Waals surface area contributed by atoms with Gasteiger partial charge in [-0.15, -0.1) is 0 Å². The van der Waals surface area contributed by atoms with Crippen molar-refractivity contribution in [3.63, 3.8) is 0 Å². The lowest BCUT2D eigenvalue weighted by Gasteiger charge is -2.31. The highest BCUT2D eigenvalue weighted by Gasteiger charge is 2.27. The van der Waals surface area contributed by atoms with Gasteiger partial charge in [-0.3, -0.25) is 9.78 Å². The van der Waals surface area contributed by atoms with Crippen LogP contribution in [0.3, 0.4) is 0 Å². The molecule has 8 heteroatoms. The Morgan fingerprint density at radius 1 is 1.27 bits per heavy atom. The Kier molecular flexibility index (Phi) is 4.78. The Balaban J connectivity index is 1.96. The normalized spacial score (nSPS) is 13.5. The molecule has 1 aliphatic heterocycles. The van der Waals surface area contributed by atoms with Crippen molar-refractivity contribution in [1.29, 1.82) is 0 Å². The number of hydrogen-bond donors (Lipinski definition) is 1. The van der Waals surface area contributed by atoms with Crippen LogP contribution in [0.25, 0.3) is 0 Å². The van der Waals surface area contributed by atoms with Gasteiger partial charge in [-0.25, -0.2) is 9.48 Å². The molecule has 0 unspecified atom stereocenters. The molecule has 0 bridgehead atoms. The molecule has 0 radical (unpaired) electrons. The zero-order chi connectivity index (χ0) is 19.0. The molecule has 0 aromatic carbocycles. The maximum absolute atomic E-state index is 13.1. The summed E-state index contributed by atoms with van der Waals surface area (Å²) in [6.45, 7) is 5.06. The van der Waals surface area contributed by atoms with Gasteiger partial charge in [0.1, 0.15) is 0 Å². The Morgan fingerprint density at radius 3 is 2.62 bits per heavy atom. The first-order chi connectivity index (χ1) is 12.3. The number of fused-ring (bicyclic) bond motifs is 1. The van der Waals surface area contributed by atoms with E-state index < -0.39 is 0 Å². The molecule has 26 heavy (non-hydrogen) atoms. The van der Waals surface area contributed by atoms with Crippen LogP contribution in [0.15, 0.2) is 12.4 Å². The third kappa shape index (κ3) is 2.96. The van der Waals surface area contributed by atoms with E-state index in [4.69, 9.17) is 5.73 Å². The molecule has 2 amide bonds. The van der Waals surface area contributed by atoms with E-state index in [0.717, 1.165) is 28.1 Å². The van der Waals surface area contributed by atoms with Crippen LogP contribution in [-0.4, -0.2) is 57.1 Å². The van der Waals surface area contributed by atoms with Crippen LogP contribution in [0, 0.1) is 13.8 Å². The third-order valence-electron chi connectivity index (χ3n) is 4.86. The summed E-state index contributed by atoms with van der Waals surface area (Å²) in [7, 11) is 3.46. The minimum Gasteiger partial charge on any atom is -0.331 e. The highest BCUT2D eigenvalue weighted by Crippen LogP contribution is 2.24. The lowest BCUT2D eigenvalue weighted by atomic mass is 9.97. The lowest BCUT2D eigenvalue weighted by molar-refractivity contribution is 0.0940. The first kappa shape index (κ1) is 18.1. The van der Waals surface area contributed by atoms with Gasteiger partial charge in [-0.05, 0) is 31.4 Å². The highest BCUT2D eigenvalue weighted by molar-refractivity contribution is 5.97. The highest BCUT2D eigenvalue weighted by atomic mass is 16.2. The fourth-order valence-electron chi connectivity index (χ4n) is 3.41. The largest absolute Gasteiger partial charge is 0.331 e. The van der Waals surface area contributed by atoms with Gasteiger partial charge in [0.15, 0.2) is 0 Å². The Hall–Kier alpha value is -2.74. The molecule has 0 fully saturated rings. The van der Waals surface area contributed by atoms with Crippen molar-refractivity contribution in [1.82, 2.24) is 24.6 Å². The van der Waals surface area contributed by atoms with E-state index in [0.29, 0.717) is 31.6 Å². The minimum atomic E-state index is -0.206. The summed E-state index contributed by atoms with van der Waals surface area (Å²) in [5, 5.41) is 4.36. The molecular formula is C18H24N6O2. The predicted octanol–water partition coefficient (Wildman–Crippen LogP) is 1.08. The number of carbonyl (C=O) groups is 2. The van der Waals surface area contributed by atoms with Crippen LogP contribution in [-0.2, 0) is 19.5 Å². The molecule has 2 aromatic heterocycles. The van der Waals surface area contributed by atoms with Gasteiger partial charge in [0, 0.05) is 57.4 Å². The second kappa shape index (κ2) is 6.87. The fraction of sp³-hybridized carbons (Fsp3) is 0.444. The van der Waals surface area contributed by atoms with Crippen LogP contribution in [0.2, 0.25) is 0 Å². The number of amides is 2. The van der Waals surface area contributed by atoms with Crippen LogP contribution in [0.1, 0.15) is 38.4 Å².